The highest BCUT2D eigenvalue weighted by Crippen LogP contribution is 2.34. The molecule has 3 aromatic rings. The molecule has 174 valence electrons. The fourth-order valence-corrected chi connectivity index (χ4v) is 4.91. The second kappa shape index (κ2) is 10.1. The van der Waals surface area contributed by atoms with Crippen molar-refractivity contribution in [2.24, 2.45) is 4.99 Å². The summed E-state index contributed by atoms with van der Waals surface area (Å²) in [6.45, 7) is 0. The highest BCUT2D eigenvalue weighted by atomic mass is 35.5. The minimum atomic E-state index is -4.09. The summed E-state index contributed by atoms with van der Waals surface area (Å²) in [6.07, 6.45) is 1.64. The number of rotatable bonds is 6. The Hall–Kier alpha value is -2.98. The third-order valence-corrected chi connectivity index (χ3v) is 7.16. The molecule has 0 spiro atoms. The summed E-state index contributed by atoms with van der Waals surface area (Å²) in [4.78, 5) is 17.1. The molecule has 1 amide bonds. The molecule has 1 aliphatic heterocycles. The Morgan fingerprint density at radius 2 is 1.59 bits per heavy atom. The molecule has 0 saturated carbocycles. The van der Waals surface area contributed by atoms with Crippen molar-refractivity contribution in [1.29, 1.82) is 0 Å². The maximum atomic E-state index is 12.6. The average molecular weight is 535 g/mol. The van der Waals surface area contributed by atoms with Gasteiger partial charge in [0.15, 0.2) is 16.7 Å². The van der Waals surface area contributed by atoms with E-state index < -0.39 is 10.1 Å². The SMILES string of the molecule is COc1cc(/C=C2\SC(=Nc3ccc(Cl)cc3)NC2=O)ccc1OS(=O)(=O)c1ccc(Cl)cc1. The van der Waals surface area contributed by atoms with Gasteiger partial charge < -0.3 is 14.2 Å². The fraction of sp³-hybridized carbons (Fsp3) is 0.0435. The first-order valence-corrected chi connectivity index (χ1v) is 12.6. The Bertz CT molecular complexity index is 1400. The quantitative estimate of drug-likeness (QED) is 0.323. The van der Waals surface area contributed by atoms with Crippen molar-refractivity contribution in [3.05, 3.63) is 87.2 Å². The number of ether oxygens (including phenoxy) is 1. The van der Waals surface area contributed by atoms with Crippen LogP contribution in [0.2, 0.25) is 10.0 Å². The van der Waals surface area contributed by atoms with Crippen LogP contribution in [0.4, 0.5) is 5.69 Å². The van der Waals surface area contributed by atoms with Crippen LogP contribution in [0.3, 0.4) is 0 Å². The van der Waals surface area contributed by atoms with Gasteiger partial charge in [0.2, 0.25) is 0 Å². The number of halogens is 2. The van der Waals surface area contributed by atoms with Gasteiger partial charge in [-0.1, -0.05) is 29.3 Å². The molecule has 1 N–H and O–H groups in total. The van der Waals surface area contributed by atoms with Crippen LogP contribution in [0, 0.1) is 0 Å². The molecule has 0 radical (unpaired) electrons. The van der Waals surface area contributed by atoms with Crippen molar-refractivity contribution in [2.45, 2.75) is 4.90 Å². The van der Waals surface area contributed by atoms with Crippen LogP contribution >= 0.6 is 35.0 Å². The Labute approximate surface area is 210 Å². The number of nitrogens with one attached hydrogen (secondary N) is 1. The second-order valence-corrected chi connectivity index (χ2v) is 10.3. The molecule has 1 saturated heterocycles. The van der Waals surface area contributed by atoms with Crippen LogP contribution < -0.4 is 14.2 Å². The van der Waals surface area contributed by atoms with E-state index in [0.29, 0.717) is 31.4 Å². The van der Waals surface area contributed by atoms with E-state index in [2.05, 4.69) is 10.3 Å². The van der Waals surface area contributed by atoms with E-state index in [9.17, 15) is 13.2 Å². The molecular weight excluding hydrogens is 519 g/mol. The molecule has 0 atom stereocenters. The minimum absolute atomic E-state index is 0.00752. The van der Waals surface area contributed by atoms with Gasteiger partial charge in [-0.25, -0.2) is 4.99 Å². The first-order chi connectivity index (χ1) is 16.2. The van der Waals surface area contributed by atoms with Crippen molar-refractivity contribution in [3.63, 3.8) is 0 Å². The van der Waals surface area contributed by atoms with E-state index in [-0.39, 0.29) is 22.3 Å². The van der Waals surface area contributed by atoms with Gasteiger partial charge in [-0.15, -0.1) is 0 Å². The Kier molecular flexibility index (Phi) is 7.18. The van der Waals surface area contributed by atoms with E-state index in [1.165, 1.54) is 49.2 Å². The van der Waals surface area contributed by atoms with E-state index >= 15 is 0 Å². The maximum Gasteiger partial charge on any atom is 0.339 e. The number of carbonyl (C=O) groups is 1. The van der Waals surface area contributed by atoms with Crippen LogP contribution in [0.1, 0.15) is 5.56 Å². The first-order valence-electron chi connectivity index (χ1n) is 9.67. The van der Waals surface area contributed by atoms with Crippen molar-refractivity contribution >= 4 is 67.9 Å². The minimum Gasteiger partial charge on any atom is -0.493 e. The molecule has 0 bridgehead atoms. The van der Waals surface area contributed by atoms with Gasteiger partial charge in [0.05, 0.1) is 17.7 Å². The van der Waals surface area contributed by atoms with Crippen LogP contribution in [0.25, 0.3) is 6.08 Å². The van der Waals surface area contributed by atoms with Gasteiger partial charge in [0.1, 0.15) is 4.90 Å². The van der Waals surface area contributed by atoms with E-state index in [1.807, 2.05) is 0 Å². The summed E-state index contributed by atoms with van der Waals surface area (Å²) in [7, 11) is -2.70. The zero-order valence-corrected chi connectivity index (χ0v) is 20.6. The number of benzene rings is 3. The summed E-state index contributed by atoms with van der Waals surface area (Å²) >= 11 is 12.9. The summed E-state index contributed by atoms with van der Waals surface area (Å²) in [5.74, 6) is -0.110. The lowest BCUT2D eigenvalue weighted by Crippen LogP contribution is -2.19. The second-order valence-electron chi connectivity index (χ2n) is 6.86. The van der Waals surface area contributed by atoms with E-state index in [0.717, 1.165) is 0 Å². The van der Waals surface area contributed by atoms with Crippen molar-refractivity contribution < 1.29 is 22.1 Å². The molecule has 34 heavy (non-hydrogen) atoms. The summed E-state index contributed by atoms with van der Waals surface area (Å²) in [5.41, 5.74) is 1.26. The molecule has 1 fully saturated rings. The predicted octanol–water partition coefficient (Wildman–Crippen LogP) is 5.66. The van der Waals surface area contributed by atoms with Gasteiger partial charge in [-0.3, -0.25) is 4.79 Å². The molecule has 1 heterocycles. The monoisotopic (exact) mass is 534 g/mol. The van der Waals surface area contributed by atoms with Gasteiger partial charge in [0, 0.05) is 10.0 Å². The molecule has 0 aliphatic carbocycles. The number of hydrogen-bond donors (Lipinski definition) is 1. The number of nitrogens with zero attached hydrogens (tertiary/aromatic N) is 1. The zero-order chi connectivity index (χ0) is 24.3. The fourth-order valence-electron chi connectivity index (χ4n) is 2.88. The third kappa shape index (κ3) is 5.74. The summed E-state index contributed by atoms with van der Waals surface area (Å²) in [6, 6.07) is 17.2. The van der Waals surface area contributed by atoms with E-state index in [4.69, 9.17) is 32.1 Å². The molecule has 7 nitrogen and oxygen atoms in total. The number of amidine groups is 1. The molecule has 0 aromatic heterocycles. The van der Waals surface area contributed by atoms with Gasteiger partial charge in [-0.2, -0.15) is 8.42 Å². The van der Waals surface area contributed by atoms with Crippen molar-refractivity contribution in [1.82, 2.24) is 5.32 Å². The van der Waals surface area contributed by atoms with Gasteiger partial charge >= 0.3 is 10.1 Å². The Morgan fingerprint density at radius 3 is 2.24 bits per heavy atom. The predicted molar refractivity (Wildman–Crippen MR) is 135 cm³/mol. The number of methoxy groups -OCH3 is 1. The standard InChI is InChI=1S/C23H16Cl2N2O5S2/c1-31-20-12-14(2-11-19(20)32-34(29,30)18-9-5-16(25)6-10-18)13-21-22(28)27-23(33-21)26-17-7-3-15(24)4-8-17/h2-13H,1H3,(H,26,27,28)/b21-13-. The number of amides is 1. The number of hydrogen-bond acceptors (Lipinski definition) is 7. The van der Waals surface area contributed by atoms with Gasteiger partial charge in [-0.05, 0) is 84.1 Å². The molecule has 3 aromatic carbocycles. The lowest BCUT2D eigenvalue weighted by atomic mass is 10.2. The van der Waals surface area contributed by atoms with Crippen LogP contribution in [-0.4, -0.2) is 26.6 Å². The van der Waals surface area contributed by atoms with Gasteiger partial charge in [0.25, 0.3) is 5.91 Å². The average Bonchev–Trinajstić information content (AvgIpc) is 3.14. The Morgan fingerprint density at radius 1 is 0.941 bits per heavy atom. The zero-order valence-electron chi connectivity index (χ0n) is 17.5. The third-order valence-electron chi connectivity index (χ3n) is 4.50. The topological polar surface area (TPSA) is 94.1 Å². The highest BCUT2D eigenvalue weighted by molar-refractivity contribution is 8.18. The smallest absolute Gasteiger partial charge is 0.339 e. The number of thioether (sulfide) groups is 1. The normalized spacial score (nSPS) is 16.0. The largest absolute Gasteiger partial charge is 0.493 e. The van der Waals surface area contributed by atoms with Crippen LogP contribution in [-0.2, 0) is 14.9 Å². The number of carbonyl (C=O) groups excluding carboxylic acids is 1. The van der Waals surface area contributed by atoms with E-state index in [1.54, 1.807) is 42.5 Å². The first kappa shape index (κ1) is 24.2. The van der Waals surface area contributed by atoms with Crippen molar-refractivity contribution in [2.75, 3.05) is 7.11 Å². The molecule has 11 heteroatoms. The molecular formula is C23H16Cl2N2O5S2. The molecule has 4 rings (SSSR count). The molecule has 0 unspecified atom stereocenters. The highest BCUT2D eigenvalue weighted by Gasteiger charge is 2.24. The lowest BCUT2D eigenvalue weighted by Gasteiger charge is -2.11. The van der Waals surface area contributed by atoms with Crippen LogP contribution in [0.5, 0.6) is 11.5 Å². The molecule has 1 aliphatic rings. The summed E-state index contributed by atoms with van der Waals surface area (Å²) < 4.78 is 35.7. The van der Waals surface area contributed by atoms with Crippen molar-refractivity contribution in [3.8, 4) is 11.5 Å². The number of aliphatic imine (C=N–C) groups is 1. The van der Waals surface area contributed by atoms with Crippen LogP contribution in [0.15, 0.2) is 81.5 Å². The summed E-state index contributed by atoms with van der Waals surface area (Å²) in [5, 5.41) is 4.14. The lowest BCUT2D eigenvalue weighted by molar-refractivity contribution is -0.115. The maximum absolute atomic E-state index is 12.6. The Balaban J connectivity index is 1.55.